The lowest BCUT2D eigenvalue weighted by atomic mass is 9.84. The number of esters is 1. The molecule has 6 nitrogen and oxygen atoms in total. The molecule has 28 heavy (non-hydrogen) atoms. The van der Waals surface area contributed by atoms with E-state index < -0.39 is 5.60 Å². The van der Waals surface area contributed by atoms with Crippen molar-refractivity contribution in [3.63, 3.8) is 0 Å². The molecule has 0 bridgehead atoms. The predicted octanol–water partition coefficient (Wildman–Crippen LogP) is 5.14. The van der Waals surface area contributed by atoms with Gasteiger partial charge < -0.3 is 14.6 Å². The Kier molecular flexibility index (Phi) is 9.42. The number of nitrogens with zero attached hydrogens (tertiary/aromatic N) is 2. The fourth-order valence-corrected chi connectivity index (χ4v) is 3.91. The molecule has 160 valence electrons. The van der Waals surface area contributed by atoms with Gasteiger partial charge in [-0.25, -0.2) is 0 Å². The first kappa shape index (κ1) is 22.9. The Bertz CT molecular complexity index is 574. The van der Waals surface area contributed by atoms with Gasteiger partial charge in [-0.1, -0.05) is 57.0 Å². The number of aromatic nitrogens is 2. The van der Waals surface area contributed by atoms with Crippen LogP contribution in [-0.2, 0) is 16.1 Å². The third-order valence-corrected chi connectivity index (χ3v) is 5.27. The smallest absolute Gasteiger partial charge is 0.307 e. The SMILES string of the molecule is CCCNCc1noc(C(CCCC2CCCCC2)CC(=O)OC(C)(C)C)n1. The monoisotopic (exact) mass is 393 g/mol. The zero-order valence-corrected chi connectivity index (χ0v) is 18.3. The van der Waals surface area contributed by atoms with Gasteiger partial charge in [0.05, 0.1) is 13.0 Å². The Morgan fingerprint density at radius 1 is 1.29 bits per heavy atom. The lowest BCUT2D eigenvalue weighted by Gasteiger charge is -2.23. The van der Waals surface area contributed by atoms with Crippen LogP contribution in [0.25, 0.3) is 0 Å². The number of carbonyl (C=O) groups excluding carboxylic acids is 1. The fourth-order valence-electron chi connectivity index (χ4n) is 3.91. The van der Waals surface area contributed by atoms with Crippen molar-refractivity contribution in [3.05, 3.63) is 11.7 Å². The molecule has 0 saturated heterocycles. The summed E-state index contributed by atoms with van der Waals surface area (Å²) in [7, 11) is 0. The van der Waals surface area contributed by atoms with Gasteiger partial charge >= 0.3 is 5.97 Å². The Labute approximate surface area is 170 Å². The summed E-state index contributed by atoms with van der Waals surface area (Å²) in [6, 6.07) is 0. The molecule has 1 aromatic rings. The van der Waals surface area contributed by atoms with Gasteiger partial charge in [0.2, 0.25) is 5.89 Å². The van der Waals surface area contributed by atoms with Gasteiger partial charge in [-0.3, -0.25) is 4.79 Å². The molecule has 0 radical (unpaired) electrons. The van der Waals surface area contributed by atoms with Crippen molar-refractivity contribution in [2.45, 2.75) is 110 Å². The molecule has 1 N–H and O–H groups in total. The van der Waals surface area contributed by atoms with E-state index in [1.54, 1.807) is 0 Å². The van der Waals surface area contributed by atoms with Gasteiger partial charge in [-0.05, 0) is 46.1 Å². The molecule has 1 heterocycles. The molecule has 1 aliphatic rings. The highest BCUT2D eigenvalue weighted by atomic mass is 16.6. The van der Waals surface area contributed by atoms with Crippen molar-refractivity contribution in [3.8, 4) is 0 Å². The van der Waals surface area contributed by atoms with Crippen molar-refractivity contribution < 1.29 is 14.1 Å². The Morgan fingerprint density at radius 3 is 2.71 bits per heavy atom. The maximum Gasteiger partial charge on any atom is 0.307 e. The van der Waals surface area contributed by atoms with Crippen LogP contribution in [0.2, 0.25) is 0 Å². The molecule has 1 aromatic heterocycles. The molecule has 6 heteroatoms. The molecular formula is C22H39N3O3. The summed E-state index contributed by atoms with van der Waals surface area (Å²) >= 11 is 0. The van der Waals surface area contributed by atoms with Gasteiger partial charge in [-0.15, -0.1) is 0 Å². The van der Waals surface area contributed by atoms with Crippen LogP contribution < -0.4 is 5.32 Å². The minimum atomic E-state index is -0.478. The van der Waals surface area contributed by atoms with Crippen LogP contribution in [0.15, 0.2) is 4.52 Å². The number of hydrogen-bond donors (Lipinski definition) is 1. The van der Waals surface area contributed by atoms with Crippen LogP contribution in [0.4, 0.5) is 0 Å². The summed E-state index contributed by atoms with van der Waals surface area (Å²) in [5, 5.41) is 7.37. The molecule has 0 aliphatic heterocycles. The average molecular weight is 394 g/mol. The third kappa shape index (κ3) is 8.72. The predicted molar refractivity (Wildman–Crippen MR) is 110 cm³/mol. The van der Waals surface area contributed by atoms with E-state index in [4.69, 9.17) is 9.26 Å². The first-order chi connectivity index (χ1) is 13.4. The second-order valence-electron chi connectivity index (χ2n) is 9.15. The van der Waals surface area contributed by atoms with Crippen molar-refractivity contribution in [2.24, 2.45) is 5.92 Å². The Hall–Kier alpha value is -1.43. The molecule has 1 unspecified atom stereocenters. The van der Waals surface area contributed by atoms with Crippen molar-refractivity contribution >= 4 is 5.97 Å². The first-order valence-corrected chi connectivity index (χ1v) is 11.1. The fraction of sp³-hybridized carbons (Fsp3) is 0.864. The lowest BCUT2D eigenvalue weighted by Crippen LogP contribution is -2.25. The standard InChI is InChI=1S/C22H39N3O3/c1-5-14-23-16-19-24-21(28-25-19)18(15-20(26)27-22(2,3)4)13-9-12-17-10-7-6-8-11-17/h17-18,23H,5-16H2,1-4H3. The van der Waals surface area contributed by atoms with E-state index in [-0.39, 0.29) is 11.9 Å². The molecule has 1 saturated carbocycles. The maximum absolute atomic E-state index is 12.4. The van der Waals surface area contributed by atoms with Crippen molar-refractivity contribution in [1.29, 1.82) is 0 Å². The average Bonchev–Trinajstić information content (AvgIpc) is 3.09. The van der Waals surface area contributed by atoms with Crippen LogP contribution >= 0.6 is 0 Å². The molecule has 1 atom stereocenters. The summed E-state index contributed by atoms with van der Waals surface area (Å²) in [5.74, 6) is 1.81. The van der Waals surface area contributed by atoms with Gasteiger partial charge in [0, 0.05) is 5.92 Å². The third-order valence-electron chi connectivity index (χ3n) is 5.27. The Balaban J connectivity index is 1.93. The van der Waals surface area contributed by atoms with Crippen LogP contribution in [0.3, 0.4) is 0 Å². The number of carbonyl (C=O) groups is 1. The second kappa shape index (κ2) is 11.5. The highest BCUT2D eigenvalue weighted by Gasteiger charge is 2.26. The van der Waals surface area contributed by atoms with E-state index in [1.807, 2.05) is 20.8 Å². The van der Waals surface area contributed by atoms with E-state index in [0.29, 0.717) is 24.7 Å². The minimum absolute atomic E-state index is 0.0640. The summed E-state index contributed by atoms with van der Waals surface area (Å²) in [4.78, 5) is 16.9. The van der Waals surface area contributed by atoms with Crippen molar-refractivity contribution in [2.75, 3.05) is 6.54 Å². The zero-order valence-electron chi connectivity index (χ0n) is 18.3. The summed E-state index contributed by atoms with van der Waals surface area (Å²) in [6.07, 6.45) is 11.4. The summed E-state index contributed by atoms with van der Waals surface area (Å²) in [6.45, 7) is 9.33. The van der Waals surface area contributed by atoms with E-state index in [0.717, 1.165) is 31.7 Å². The molecular weight excluding hydrogens is 354 g/mol. The quantitative estimate of drug-likeness (QED) is 0.414. The molecule has 0 aromatic carbocycles. The van der Waals surface area contributed by atoms with Gasteiger partial charge in [-0.2, -0.15) is 4.98 Å². The maximum atomic E-state index is 12.4. The van der Waals surface area contributed by atoms with E-state index in [9.17, 15) is 4.79 Å². The number of hydrogen-bond acceptors (Lipinski definition) is 6. The van der Waals surface area contributed by atoms with E-state index in [1.165, 1.54) is 38.5 Å². The molecule has 1 aliphatic carbocycles. The highest BCUT2D eigenvalue weighted by molar-refractivity contribution is 5.70. The van der Waals surface area contributed by atoms with Crippen LogP contribution in [0.5, 0.6) is 0 Å². The Morgan fingerprint density at radius 2 is 2.04 bits per heavy atom. The zero-order chi connectivity index (χ0) is 20.4. The normalized spacial score (nSPS) is 16.9. The second-order valence-corrected chi connectivity index (χ2v) is 9.15. The molecule has 1 fully saturated rings. The van der Waals surface area contributed by atoms with Gasteiger partial charge in [0.25, 0.3) is 0 Å². The molecule has 2 rings (SSSR count). The van der Waals surface area contributed by atoms with E-state index in [2.05, 4.69) is 22.4 Å². The van der Waals surface area contributed by atoms with Gasteiger partial charge in [0.1, 0.15) is 5.60 Å². The largest absolute Gasteiger partial charge is 0.460 e. The van der Waals surface area contributed by atoms with Crippen molar-refractivity contribution in [1.82, 2.24) is 15.5 Å². The lowest BCUT2D eigenvalue weighted by molar-refractivity contribution is -0.155. The minimum Gasteiger partial charge on any atom is -0.460 e. The van der Waals surface area contributed by atoms with Crippen LogP contribution in [0.1, 0.15) is 110 Å². The first-order valence-electron chi connectivity index (χ1n) is 11.1. The molecule has 0 spiro atoms. The molecule has 0 amide bonds. The summed E-state index contributed by atoms with van der Waals surface area (Å²) < 4.78 is 11.1. The van der Waals surface area contributed by atoms with E-state index >= 15 is 0 Å². The van der Waals surface area contributed by atoms with Crippen LogP contribution in [0, 0.1) is 5.92 Å². The summed E-state index contributed by atoms with van der Waals surface area (Å²) in [5.41, 5.74) is -0.478. The van der Waals surface area contributed by atoms with Crippen LogP contribution in [-0.4, -0.2) is 28.3 Å². The number of ether oxygens (including phenoxy) is 1. The number of nitrogens with one attached hydrogen (secondary N) is 1. The van der Waals surface area contributed by atoms with Gasteiger partial charge in [0.15, 0.2) is 5.82 Å². The highest BCUT2D eigenvalue weighted by Crippen LogP contribution is 2.31. The number of rotatable bonds is 11. The topological polar surface area (TPSA) is 77.2 Å².